The summed E-state index contributed by atoms with van der Waals surface area (Å²) >= 11 is 1.44. The predicted molar refractivity (Wildman–Crippen MR) is 87.9 cm³/mol. The maximum absolute atomic E-state index is 12.3. The summed E-state index contributed by atoms with van der Waals surface area (Å²) in [6, 6.07) is 5.74. The number of anilines is 1. The van der Waals surface area contributed by atoms with Crippen molar-refractivity contribution in [1.82, 2.24) is 10.3 Å². The highest BCUT2D eigenvalue weighted by atomic mass is 32.1. The maximum Gasteiger partial charge on any atom is 0.231 e. The zero-order valence-corrected chi connectivity index (χ0v) is 13.3. The second-order valence-corrected chi connectivity index (χ2v) is 6.48. The van der Waals surface area contributed by atoms with Gasteiger partial charge in [-0.05, 0) is 44.1 Å². The van der Waals surface area contributed by atoms with E-state index < -0.39 is 0 Å². The third-order valence-electron chi connectivity index (χ3n) is 4.11. The molecule has 3 heterocycles. The van der Waals surface area contributed by atoms with Crippen LogP contribution in [0.1, 0.15) is 12.8 Å². The Labute approximate surface area is 137 Å². The van der Waals surface area contributed by atoms with Crippen molar-refractivity contribution in [3.05, 3.63) is 23.6 Å². The van der Waals surface area contributed by atoms with Gasteiger partial charge in [-0.3, -0.25) is 4.79 Å². The number of thiazole rings is 1. The molecule has 0 saturated carbocycles. The van der Waals surface area contributed by atoms with Crippen molar-refractivity contribution in [3.8, 4) is 22.8 Å². The lowest BCUT2D eigenvalue weighted by Gasteiger charge is -2.20. The summed E-state index contributed by atoms with van der Waals surface area (Å²) < 4.78 is 10.7. The quantitative estimate of drug-likeness (QED) is 0.904. The largest absolute Gasteiger partial charge is 0.454 e. The van der Waals surface area contributed by atoms with Crippen molar-refractivity contribution in [2.75, 3.05) is 25.2 Å². The van der Waals surface area contributed by atoms with Crippen molar-refractivity contribution in [1.29, 1.82) is 0 Å². The third-order valence-corrected chi connectivity index (χ3v) is 4.87. The van der Waals surface area contributed by atoms with Crippen molar-refractivity contribution in [2.24, 2.45) is 5.92 Å². The molecule has 0 unspecified atom stereocenters. The molecule has 2 N–H and O–H groups in total. The van der Waals surface area contributed by atoms with E-state index in [1.807, 2.05) is 23.6 Å². The number of ether oxygens (including phenoxy) is 2. The van der Waals surface area contributed by atoms with Crippen LogP contribution in [-0.4, -0.2) is 30.8 Å². The van der Waals surface area contributed by atoms with Crippen LogP contribution in [0, 0.1) is 5.92 Å². The standard InChI is InChI=1S/C16H17N3O3S/c20-15(10-3-5-17-6-4-10)19-16-18-12(8-23-16)11-1-2-13-14(7-11)22-9-21-13/h1-2,7-8,10,17H,3-6,9H2,(H,18,19,20). The Morgan fingerprint density at radius 2 is 2.09 bits per heavy atom. The van der Waals surface area contributed by atoms with Crippen LogP contribution in [0.4, 0.5) is 5.13 Å². The Morgan fingerprint density at radius 3 is 2.96 bits per heavy atom. The van der Waals surface area contributed by atoms with Crippen molar-refractivity contribution in [3.63, 3.8) is 0 Å². The minimum absolute atomic E-state index is 0.0677. The van der Waals surface area contributed by atoms with Gasteiger partial charge in [0.15, 0.2) is 16.6 Å². The molecule has 7 heteroatoms. The average molecular weight is 331 g/mol. The Kier molecular flexibility index (Phi) is 3.88. The fourth-order valence-electron chi connectivity index (χ4n) is 2.81. The van der Waals surface area contributed by atoms with E-state index in [1.54, 1.807) is 0 Å². The highest BCUT2D eigenvalue weighted by molar-refractivity contribution is 7.14. The second-order valence-electron chi connectivity index (χ2n) is 5.62. The number of hydrogen-bond acceptors (Lipinski definition) is 6. The first-order valence-corrected chi connectivity index (χ1v) is 8.55. The van der Waals surface area contributed by atoms with Gasteiger partial charge in [-0.1, -0.05) is 0 Å². The fourth-order valence-corrected chi connectivity index (χ4v) is 3.53. The molecule has 0 bridgehead atoms. The summed E-state index contributed by atoms with van der Waals surface area (Å²) in [6.45, 7) is 2.06. The summed E-state index contributed by atoms with van der Waals surface area (Å²) in [5, 5.41) is 8.78. The van der Waals surface area contributed by atoms with Crippen LogP contribution < -0.4 is 20.1 Å². The van der Waals surface area contributed by atoms with Gasteiger partial charge >= 0.3 is 0 Å². The maximum atomic E-state index is 12.3. The summed E-state index contributed by atoms with van der Waals surface area (Å²) in [4.78, 5) is 16.8. The van der Waals surface area contributed by atoms with Gasteiger partial charge in [0.1, 0.15) is 0 Å². The molecule has 1 aromatic carbocycles. The van der Waals surface area contributed by atoms with Gasteiger partial charge < -0.3 is 20.1 Å². The van der Waals surface area contributed by atoms with Crippen molar-refractivity contribution >= 4 is 22.4 Å². The number of amides is 1. The van der Waals surface area contributed by atoms with Gasteiger partial charge in [0.2, 0.25) is 12.7 Å². The van der Waals surface area contributed by atoms with E-state index in [4.69, 9.17) is 9.47 Å². The lowest BCUT2D eigenvalue weighted by molar-refractivity contribution is -0.120. The molecule has 2 aromatic rings. The Bertz CT molecular complexity index is 725. The summed E-state index contributed by atoms with van der Waals surface area (Å²) in [5.41, 5.74) is 1.78. The molecule has 0 radical (unpaired) electrons. The monoisotopic (exact) mass is 331 g/mol. The van der Waals surface area contributed by atoms with E-state index in [9.17, 15) is 4.79 Å². The molecule has 1 fully saturated rings. The van der Waals surface area contributed by atoms with Crippen LogP contribution in [0.3, 0.4) is 0 Å². The van der Waals surface area contributed by atoms with Gasteiger partial charge in [0.25, 0.3) is 0 Å². The number of benzene rings is 1. The predicted octanol–water partition coefficient (Wildman–Crippen LogP) is 2.48. The number of carbonyl (C=O) groups excluding carboxylic acids is 1. The topological polar surface area (TPSA) is 72.5 Å². The molecule has 4 rings (SSSR count). The molecule has 2 aliphatic heterocycles. The van der Waals surface area contributed by atoms with E-state index in [0.717, 1.165) is 48.7 Å². The SMILES string of the molecule is O=C(Nc1nc(-c2ccc3c(c2)OCO3)cs1)C1CCNCC1. The van der Waals surface area contributed by atoms with E-state index in [0.29, 0.717) is 5.13 Å². The molecule has 23 heavy (non-hydrogen) atoms. The van der Waals surface area contributed by atoms with Crippen LogP contribution in [0.5, 0.6) is 11.5 Å². The first kappa shape index (κ1) is 14.5. The molecule has 1 saturated heterocycles. The molecule has 2 aliphatic rings. The molecule has 0 aliphatic carbocycles. The van der Waals surface area contributed by atoms with Gasteiger partial charge in [0, 0.05) is 16.9 Å². The highest BCUT2D eigenvalue weighted by Gasteiger charge is 2.22. The summed E-state index contributed by atoms with van der Waals surface area (Å²) in [7, 11) is 0. The molecule has 1 aromatic heterocycles. The molecule has 0 atom stereocenters. The summed E-state index contributed by atoms with van der Waals surface area (Å²) in [6.07, 6.45) is 1.76. The normalized spacial score (nSPS) is 17.2. The van der Waals surface area contributed by atoms with Crippen LogP contribution in [0.2, 0.25) is 0 Å². The lowest BCUT2D eigenvalue weighted by Crippen LogP contribution is -2.34. The van der Waals surface area contributed by atoms with Crippen LogP contribution in [-0.2, 0) is 4.79 Å². The third kappa shape index (κ3) is 3.02. The molecule has 0 spiro atoms. The number of aromatic nitrogens is 1. The fraction of sp³-hybridized carbons (Fsp3) is 0.375. The van der Waals surface area contributed by atoms with Crippen LogP contribution >= 0.6 is 11.3 Å². The Hall–Kier alpha value is -2.12. The Morgan fingerprint density at radius 1 is 1.26 bits per heavy atom. The molecular formula is C16H17N3O3S. The second kappa shape index (κ2) is 6.17. The minimum Gasteiger partial charge on any atom is -0.454 e. The molecule has 6 nitrogen and oxygen atoms in total. The first-order chi connectivity index (χ1) is 11.3. The van der Waals surface area contributed by atoms with Crippen LogP contribution in [0.15, 0.2) is 23.6 Å². The van der Waals surface area contributed by atoms with E-state index in [1.165, 1.54) is 11.3 Å². The number of nitrogens with zero attached hydrogens (tertiary/aromatic N) is 1. The van der Waals surface area contributed by atoms with Gasteiger partial charge in [-0.2, -0.15) is 0 Å². The van der Waals surface area contributed by atoms with E-state index in [2.05, 4.69) is 15.6 Å². The van der Waals surface area contributed by atoms with Gasteiger partial charge in [0.05, 0.1) is 5.69 Å². The number of piperidine rings is 1. The lowest BCUT2D eigenvalue weighted by atomic mass is 9.97. The number of nitrogens with one attached hydrogen (secondary N) is 2. The minimum atomic E-state index is 0.0677. The first-order valence-electron chi connectivity index (χ1n) is 7.67. The van der Waals surface area contributed by atoms with Gasteiger partial charge in [-0.15, -0.1) is 11.3 Å². The Balaban J connectivity index is 1.47. The number of fused-ring (bicyclic) bond motifs is 1. The van der Waals surface area contributed by atoms with E-state index >= 15 is 0 Å². The van der Waals surface area contributed by atoms with Crippen molar-refractivity contribution in [2.45, 2.75) is 12.8 Å². The number of hydrogen-bond donors (Lipinski definition) is 2. The smallest absolute Gasteiger partial charge is 0.231 e. The average Bonchev–Trinajstić information content (AvgIpc) is 3.23. The number of rotatable bonds is 3. The molecule has 120 valence electrons. The molecular weight excluding hydrogens is 314 g/mol. The highest BCUT2D eigenvalue weighted by Crippen LogP contribution is 2.36. The summed E-state index contributed by atoms with van der Waals surface area (Å²) in [5.74, 6) is 1.63. The van der Waals surface area contributed by atoms with E-state index in [-0.39, 0.29) is 18.6 Å². The molecule has 1 amide bonds. The zero-order chi connectivity index (χ0) is 15.6. The number of carbonyl (C=O) groups is 1. The zero-order valence-electron chi connectivity index (χ0n) is 12.5. The van der Waals surface area contributed by atoms with Crippen LogP contribution in [0.25, 0.3) is 11.3 Å². The van der Waals surface area contributed by atoms with Crippen molar-refractivity contribution < 1.29 is 14.3 Å². The van der Waals surface area contributed by atoms with Gasteiger partial charge in [-0.25, -0.2) is 4.98 Å².